The molecule has 0 saturated heterocycles. The number of pyridine rings is 1. The normalized spacial score (nSPS) is 11.9. The Bertz CT molecular complexity index is 1980. The molecule has 8 nitrogen and oxygen atoms in total. The maximum atomic E-state index is 13.9. The van der Waals surface area contributed by atoms with E-state index in [0.29, 0.717) is 31.6 Å². The van der Waals surface area contributed by atoms with Crippen molar-refractivity contribution >= 4 is 62.9 Å². The van der Waals surface area contributed by atoms with Crippen molar-refractivity contribution in [2.75, 3.05) is 0 Å². The van der Waals surface area contributed by atoms with Crippen LogP contribution in [0.15, 0.2) is 120 Å². The summed E-state index contributed by atoms with van der Waals surface area (Å²) >= 11 is 13.3. The van der Waals surface area contributed by atoms with Crippen molar-refractivity contribution in [2.24, 2.45) is 10.7 Å². The van der Waals surface area contributed by atoms with Gasteiger partial charge in [0.15, 0.2) is 11.3 Å². The molecule has 2 heterocycles. The molecule has 3 N–H and O–H groups in total. The van der Waals surface area contributed by atoms with Crippen molar-refractivity contribution < 1.29 is 14.3 Å². The van der Waals surface area contributed by atoms with Crippen molar-refractivity contribution in [3.05, 3.63) is 128 Å². The lowest BCUT2D eigenvalue weighted by atomic mass is 10.1. The summed E-state index contributed by atoms with van der Waals surface area (Å²) in [7, 11) is 0. The molecule has 0 aliphatic heterocycles. The first-order chi connectivity index (χ1) is 19.7. The molecule has 11 heteroatoms. The minimum absolute atomic E-state index is 0.0279. The van der Waals surface area contributed by atoms with E-state index in [1.165, 1.54) is 10.8 Å². The van der Waals surface area contributed by atoms with Crippen LogP contribution >= 0.6 is 35.0 Å². The van der Waals surface area contributed by atoms with Crippen LogP contribution in [-0.2, 0) is 6.54 Å². The van der Waals surface area contributed by atoms with Gasteiger partial charge >= 0.3 is 5.63 Å². The summed E-state index contributed by atoms with van der Waals surface area (Å²) in [5.74, 6) is -0.0243. The van der Waals surface area contributed by atoms with E-state index in [9.17, 15) is 14.7 Å². The third-order valence-corrected chi connectivity index (χ3v) is 7.46. The summed E-state index contributed by atoms with van der Waals surface area (Å²) in [4.78, 5) is 31.3. The van der Waals surface area contributed by atoms with Gasteiger partial charge in [-0.25, -0.2) is 9.79 Å². The Morgan fingerprint density at radius 1 is 1.10 bits per heavy atom. The number of rotatable bonds is 7. The molecule has 5 rings (SSSR count). The fraction of sp³-hybridized carbons (Fsp3) is 0.0333. The Morgan fingerprint density at radius 2 is 1.85 bits per heavy atom. The number of ether oxygens (including phenoxy) is 1. The number of hydrogen-bond donors (Lipinski definition) is 2. The Kier molecular flexibility index (Phi) is 8.21. The van der Waals surface area contributed by atoms with Gasteiger partial charge in [0.25, 0.3) is 11.6 Å². The number of benzene rings is 3. The molecule has 0 unspecified atom stereocenters. The SMILES string of the molecule is C=C/C=C\N=C(/N)Oc1ccc(Cn2c(=O)c3c(O)c(Sc4cccc(Cl)c4)c(=O)oc3c3ccc(Cl)cc32)cc1. The van der Waals surface area contributed by atoms with E-state index >= 15 is 0 Å². The molecule has 0 fully saturated rings. The Morgan fingerprint density at radius 3 is 2.59 bits per heavy atom. The second-order valence-corrected chi connectivity index (χ2v) is 10.6. The first kappa shape index (κ1) is 28.1. The molecule has 3 aromatic carbocycles. The topological polar surface area (TPSA) is 120 Å². The highest BCUT2D eigenvalue weighted by molar-refractivity contribution is 7.99. The minimum atomic E-state index is -0.785. The fourth-order valence-corrected chi connectivity index (χ4v) is 5.44. The van der Waals surface area contributed by atoms with Crippen molar-refractivity contribution in [2.45, 2.75) is 16.3 Å². The molecule has 0 aliphatic carbocycles. The van der Waals surface area contributed by atoms with Gasteiger partial charge in [0, 0.05) is 26.5 Å². The number of amidine groups is 1. The van der Waals surface area contributed by atoms with E-state index in [-0.39, 0.29) is 28.4 Å². The van der Waals surface area contributed by atoms with Crippen LogP contribution in [-0.4, -0.2) is 15.7 Å². The van der Waals surface area contributed by atoms with Gasteiger partial charge in [0.1, 0.15) is 16.0 Å². The standard InChI is InChI=1S/C30H21Cl2N3O5S/c1-2-3-13-34-30(33)39-20-10-7-17(8-11-20)16-35-23-15-19(32)9-12-22(23)26-24(28(35)37)25(36)27(29(38)40-26)41-21-6-4-5-18(31)14-21/h2-15,36H,1,16H2,(H2,33,34)/b13-3-. The zero-order chi connectivity index (χ0) is 29.1. The van der Waals surface area contributed by atoms with Crippen LogP contribution in [0, 0.1) is 0 Å². The third kappa shape index (κ3) is 6.02. The molecule has 0 atom stereocenters. The number of halogens is 2. The first-order valence-corrected chi connectivity index (χ1v) is 13.7. The Hall–Kier alpha value is -4.44. The van der Waals surface area contributed by atoms with Gasteiger partial charge in [-0.15, -0.1) is 0 Å². The average molecular weight is 606 g/mol. The van der Waals surface area contributed by atoms with E-state index in [1.54, 1.807) is 78.9 Å². The molecule has 2 aromatic heterocycles. The smallest absolute Gasteiger partial charge is 0.354 e. The van der Waals surface area contributed by atoms with E-state index in [2.05, 4.69) is 11.6 Å². The zero-order valence-electron chi connectivity index (χ0n) is 21.2. The van der Waals surface area contributed by atoms with Crippen LogP contribution in [0.3, 0.4) is 0 Å². The summed E-state index contributed by atoms with van der Waals surface area (Å²) in [6.07, 6.45) is 4.62. The van der Waals surface area contributed by atoms with Gasteiger partial charge in [-0.3, -0.25) is 4.79 Å². The fourth-order valence-electron chi connectivity index (χ4n) is 4.13. The molecular formula is C30H21Cl2N3O5S. The lowest BCUT2D eigenvalue weighted by Crippen LogP contribution is -2.23. The van der Waals surface area contributed by atoms with Crippen LogP contribution in [0.25, 0.3) is 21.9 Å². The maximum absolute atomic E-state index is 13.9. The van der Waals surface area contributed by atoms with Gasteiger partial charge in [-0.2, -0.15) is 0 Å². The number of fused-ring (bicyclic) bond motifs is 3. The van der Waals surface area contributed by atoms with Gasteiger partial charge in [-0.1, -0.05) is 65.8 Å². The monoisotopic (exact) mass is 605 g/mol. The third-order valence-electron chi connectivity index (χ3n) is 5.94. The minimum Gasteiger partial charge on any atom is -0.505 e. The summed E-state index contributed by atoms with van der Waals surface area (Å²) in [6.45, 7) is 3.68. The molecular weight excluding hydrogens is 585 g/mol. The van der Waals surface area contributed by atoms with Crippen LogP contribution in [0.5, 0.6) is 11.5 Å². The zero-order valence-corrected chi connectivity index (χ0v) is 23.5. The first-order valence-electron chi connectivity index (χ1n) is 12.1. The predicted octanol–water partition coefficient (Wildman–Crippen LogP) is 6.71. The number of hydrogen-bond acceptors (Lipinski definition) is 7. The average Bonchev–Trinajstić information content (AvgIpc) is 2.94. The Balaban J connectivity index is 1.60. The quantitative estimate of drug-likeness (QED) is 0.0914. The van der Waals surface area contributed by atoms with Crippen molar-refractivity contribution in [3.8, 4) is 11.5 Å². The lowest BCUT2D eigenvalue weighted by molar-refractivity contribution is 0.446. The molecule has 0 aliphatic rings. The number of aromatic nitrogens is 1. The highest BCUT2D eigenvalue weighted by Gasteiger charge is 2.23. The van der Waals surface area contributed by atoms with E-state index in [4.69, 9.17) is 38.1 Å². The number of allylic oxidation sites excluding steroid dienone is 2. The number of aromatic hydroxyl groups is 1. The molecule has 41 heavy (non-hydrogen) atoms. The van der Waals surface area contributed by atoms with Crippen molar-refractivity contribution in [1.29, 1.82) is 0 Å². The molecule has 0 spiro atoms. The largest absolute Gasteiger partial charge is 0.505 e. The molecule has 5 aromatic rings. The second-order valence-electron chi connectivity index (χ2n) is 8.67. The molecule has 0 bridgehead atoms. The van der Waals surface area contributed by atoms with Crippen LogP contribution in [0.2, 0.25) is 10.0 Å². The van der Waals surface area contributed by atoms with Gasteiger partial charge in [-0.05, 0) is 60.2 Å². The van der Waals surface area contributed by atoms with Crippen LogP contribution in [0.1, 0.15) is 5.56 Å². The summed E-state index contributed by atoms with van der Waals surface area (Å²) in [6, 6.07) is 18.5. The lowest BCUT2D eigenvalue weighted by Gasteiger charge is -2.15. The second kappa shape index (κ2) is 12.0. The van der Waals surface area contributed by atoms with Gasteiger partial charge < -0.3 is 24.6 Å². The molecule has 0 amide bonds. The van der Waals surface area contributed by atoms with Crippen LogP contribution < -0.4 is 21.7 Å². The molecule has 206 valence electrons. The van der Waals surface area contributed by atoms with E-state index in [0.717, 1.165) is 17.3 Å². The summed E-state index contributed by atoms with van der Waals surface area (Å²) < 4.78 is 12.6. The molecule has 0 radical (unpaired) electrons. The van der Waals surface area contributed by atoms with Crippen molar-refractivity contribution in [1.82, 2.24) is 4.57 Å². The molecule has 0 saturated carbocycles. The maximum Gasteiger partial charge on any atom is 0.354 e. The van der Waals surface area contributed by atoms with Crippen molar-refractivity contribution in [3.63, 3.8) is 0 Å². The van der Waals surface area contributed by atoms with Gasteiger partial charge in [0.2, 0.25) is 0 Å². The highest BCUT2D eigenvalue weighted by atomic mass is 35.5. The number of aliphatic imine (C=N–C) groups is 1. The van der Waals surface area contributed by atoms with Gasteiger partial charge in [0.05, 0.1) is 12.1 Å². The highest BCUT2D eigenvalue weighted by Crippen LogP contribution is 2.38. The number of nitrogens with two attached hydrogens (primary N) is 1. The van der Waals surface area contributed by atoms with Crippen LogP contribution in [0.4, 0.5) is 0 Å². The Labute approximate surface area is 247 Å². The summed E-state index contributed by atoms with van der Waals surface area (Å²) in [5, 5.41) is 12.4. The van der Waals surface area contributed by atoms with E-state index < -0.39 is 16.9 Å². The number of nitrogens with zero attached hydrogens (tertiary/aromatic N) is 2. The summed E-state index contributed by atoms with van der Waals surface area (Å²) in [5.41, 5.74) is 5.57. The van der Waals surface area contributed by atoms with E-state index in [1.807, 2.05) is 0 Å². The predicted molar refractivity (Wildman–Crippen MR) is 164 cm³/mol.